The fourth-order valence-corrected chi connectivity index (χ4v) is 4.56. The van der Waals surface area contributed by atoms with Crippen LogP contribution in [0.2, 0.25) is 0 Å². The van der Waals surface area contributed by atoms with Crippen LogP contribution in [0, 0.1) is 12.3 Å². The molecule has 1 amide bonds. The van der Waals surface area contributed by atoms with E-state index in [4.69, 9.17) is 4.52 Å². The van der Waals surface area contributed by atoms with Gasteiger partial charge in [-0.25, -0.2) is 12.7 Å². The van der Waals surface area contributed by atoms with Crippen molar-refractivity contribution in [2.24, 2.45) is 5.41 Å². The third-order valence-corrected chi connectivity index (χ3v) is 6.47. The van der Waals surface area contributed by atoms with Gasteiger partial charge in [0.1, 0.15) is 0 Å². The Bertz CT molecular complexity index is 693. The van der Waals surface area contributed by atoms with Crippen LogP contribution in [0.25, 0.3) is 0 Å². The van der Waals surface area contributed by atoms with E-state index in [1.54, 1.807) is 18.7 Å². The molecule has 1 spiro atoms. The topological polar surface area (TPSA) is 96.6 Å². The van der Waals surface area contributed by atoms with E-state index in [-0.39, 0.29) is 23.0 Å². The van der Waals surface area contributed by atoms with Gasteiger partial charge >= 0.3 is 0 Å². The van der Waals surface area contributed by atoms with Crippen molar-refractivity contribution in [1.29, 1.82) is 0 Å². The van der Waals surface area contributed by atoms with Crippen molar-refractivity contribution in [3.63, 3.8) is 0 Å². The normalized spacial score (nSPS) is 24.7. The fraction of sp³-hybridized carbons (Fsp3) is 0.769. The van der Waals surface area contributed by atoms with Gasteiger partial charge in [-0.05, 0) is 13.8 Å². The van der Waals surface area contributed by atoms with Gasteiger partial charge in [0.2, 0.25) is 21.8 Å². The van der Waals surface area contributed by atoms with Crippen molar-refractivity contribution in [2.45, 2.75) is 26.7 Å². The highest BCUT2D eigenvalue weighted by atomic mass is 32.2. The van der Waals surface area contributed by atoms with Crippen LogP contribution in [0.15, 0.2) is 4.52 Å². The quantitative estimate of drug-likeness (QED) is 0.773. The molecule has 0 saturated carbocycles. The fourth-order valence-electron chi connectivity index (χ4n) is 3.37. The molecule has 0 N–H and O–H groups in total. The van der Waals surface area contributed by atoms with Gasteiger partial charge in [-0.1, -0.05) is 5.16 Å². The Balaban J connectivity index is 1.90. The summed E-state index contributed by atoms with van der Waals surface area (Å²) in [5.41, 5.74) is -0.313. The van der Waals surface area contributed by atoms with E-state index < -0.39 is 10.0 Å². The van der Waals surface area contributed by atoms with E-state index >= 15 is 0 Å². The predicted molar refractivity (Wildman–Crippen MR) is 77.5 cm³/mol. The van der Waals surface area contributed by atoms with E-state index in [9.17, 15) is 13.2 Å². The third kappa shape index (κ3) is 2.32. The number of hydrogen-bond donors (Lipinski definition) is 0. The van der Waals surface area contributed by atoms with Crippen molar-refractivity contribution in [3.8, 4) is 0 Å². The highest BCUT2D eigenvalue weighted by molar-refractivity contribution is 7.89. The highest BCUT2D eigenvalue weighted by Gasteiger charge is 2.59. The molecule has 1 aromatic rings. The lowest BCUT2D eigenvalue weighted by Crippen LogP contribution is -2.61. The molecule has 1 atom stereocenters. The lowest BCUT2D eigenvalue weighted by molar-refractivity contribution is -0.141. The minimum atomic E-state index is -3.28. The van der Waals surface area contributed by atoms with Crippen LogP contribution < -0.4 is 0 Å². The van der Waals surface area contributed by atoms with Gasteiger partial charge in [0, 0.05) is 38.5 Å². The maximum atomic E-state index is 12.2. The van der Waals surface area contributed by atoms with E-state index in [0.717, 1.165) is 0 Å². The summed E-state index contributed by atoms with van der Waals surface area (Å²) >= 11 is 0. The second-order valence-corrected chi connectivity index (χ2v) is 8.42. The van der Waals surface area contributed by atoms with Gasteiger partial charge in [0.15, 0.2) is 5.82 Å². The molecule has 8 nitrogen and oxygen atoms in total. The summed E-state index contributed by atoms with van der Waals surface area (Å²) in [5.74, 6) is 0.905. The number of hydrogen-bond acceptors (Lipinski definition) is 6. The Morgan fingerprint density at radius 2 is 2.09 bits per heavy atom. The molecule has 0 bridgehead atoms. The summed E-state index contributed by atoms with van der Waals surface area (Å²) in [4.78, 5) is 17.5. The van der Waals surface area contributed by atoms with Gasteiger partial charge in [0.05, 0.1) is 11.7 Å². The Morgan fingerprint density at radius 1 is 1.41 bits per heavy atom. The minimum absolute atomic E-state index is 0.00267. The SMILES string of the molecule is CCS(=O)(=O)N1CC(c2nc(C)no2)C2(CN(C(C)=O)C2)C1. The number of sulfonamides is 1. The van der Waals surface area contributed by atoms with E-state index in [2.05, 4.69) is 10.1 Å². The average Bonchev–Trinajstić information content (AvgIpc) is 3.00. The molecule has 0 aromatic carbocycles. The minimum Gasteiger partial charge on any atom is -0.342 e. The molecule has 3 heterocycles. The number of amides is 1. The number of carbonyl (C=O) groups excluding carboxylic acids is 1. The zero-order valence-corrected chi connectivity index (χ0v) is 13.8. The standard InChI is InChI=1S/C13H20N4O4S/c1-4-22(19,20)17-5-11(12-14-9(2)15-21-12)13(8-17)6-16(7-13)10(3)18/h11H,4-8H2,1-3H3. The first-order chi connectivity index (χ1) is 10.3. The van der Waals surface area contributed by atoms with Gasteiger partial charge in [-0.15, -0.1) is 0 Å². The summed E-state index contributed by atoms with van der Waals surface area (Å²) in [5, 5.41) is 3.81. The van der Waals surface area contributed by atoms with Crippen LogP contribution in [0.3, 0.4) is 0 Å². The lowest BCUT2D eigenvalue weighted by Gasteiger charge is -2.49. The molecule has 2 fully saturated rings. The van der Waals surface area contributed by atoms with Gasteiger partial charge in [-0.2, -0.15) is 4.98 Å². The van der Waals surface area contributed by atoms with Crippen molar-refractivity contribution < 1.29 is 17.7 Å². The Hall–Kier alpha value is -1.48. The lowest BCUT2D eigenvalue weighted by atomic mass is 9.71. The number of carbonyl (C=O) groups is 1. The summed E-state index contributed by atoms with van der Waals surface area (Å²) in [7, 11) is -3.28. The summed E-state index contributed by atoms with van der Waals surface area (Å²) in [6.07, 6.45) is 0. The zero-order valence-electron chi connectivity index (χ0n) is 12.9. The third-order valence-electron chi connectivity index (χ3n) is 4.67. The number of likely N-dealkylation sites (tertiary alicyclic amines) is 1. The van der Waals surface area contributed by atoms with E-state index in [1.807, 2.05) is 0 Å². The van der Waals surface area contributed by atoms with Crippen LogP contribution in [-0.2, 0) is 14.8 Å². The molecule has 1 aromatic heterocycles. The summed E-state index contributed by atoms with van der Waals surface area (Å²) in [6, 6.07) is 0. The molecule has 9 heteroatoms. The molecule has 2 aliphatic rings. The van der Waals surface area contributed by atoms with E-state index in [0.29, 0.717) is 37.9 Å². The highest BCUT2D eigenvalue weighted by Crippen LogP contribution is 2.49. The average molecular weight is 328 g/mol. The molecule has 1 unspecified atom stereocenters. The maximum Gasteiger partial charge on any atom is 0.231 e. The Labute approximate surface area is 129 Å². The van der Waals surface area contributed by atoms with Crippen LogP contribution in [0.5, 0.6) is 0 Å². The molecule has 2 saturated heterocycles. The molecule has 0 radical (unpaired) electrons. The van der Waals surface area contributed by atoms with Crippen molar-refractivity contribution in [2.75, 3.05) is 31.9 Å². The predicted octanol–water partition coefficient (Wildman–Crippen LogP) is -0.0246. The Morgan fingerprint density at radius 3 is 2.59 bits per heavy atom. The van der Waals surface area contributed by atoms with E-state index in [1.165, 1.54) is 11.2 Å². The van der Waals surface area contributed by atoms with Crippen LogP contribution >= 0.6 is 0 Å². The number of rotatable bonds is 3. The molecule has 2 aliphatic heterocycles. The molecule has 0 aliphatic carbocycles. The van der Waals surface area contributed by atoms with Crippen LogP contribution in [0.1, 0.15) is 31.5 Å². The zero-order chi connectivity index (χ0) is 16.1. The van der Waals surface area contributed by atoms with Crippen molar-refractivity contribution >= 4 is 15.9 Å². The molecular weight excluding hydrogens is 308 g/mol. The van der Waals surface area contributed by atoms with Gasteiger partial charge in [-0.3, -0.25) is 4.79 Å². The first-order valence-corrected chi connectivity index (χ1v) is 8.92. The molecular formula is C13H20N4O4S. The van der Waals surface area contributed by atoms with Gasteiger partial charge in [0.25, 0.3) is 0 Å². The number of aromatic nitrogens is 2. The molecule has 122 valence electrons. The molecule has 3 rings (SSSR count). The smallest absolute Gasteiger partial charge is 0.231 e. The van der Waals surface area contributed by atoms with Gasteiger partial charge < -0.3 is 9.42 Å². The van der Waals surface area contributed by atoms with Crippen LogP contribution in [0.4, 0.5) is 0 Å². The monoisotopic (exact) mass is 328 g/mol. The number of nitrogens with zero attached hydrogens (tertiary/aromatic N) is 4. The first-order valence-electron chi connectivity index (χ1n) is 7.31. The maximum absolute atomic E-state index is 12.2. The Kier molecular flexibility index (Phi) is 3.52. The number of aryl methyl sites for hydroxylation is 1. The second-order valence-electron chi connectivity index (χ2n) is 6.16. The summed E-state index contributed by atoms with van der Waals surface area (Å²) < 4.78 is 31.2. The van der Waals surface area contributed by atoms with Crippen molar-refractivity contribution in [3.05, 3.63) is 11.7 Å². The second kappa shape index (κ2) is 5.02. The summed E-state index contributed by atoms with van der Waals surface area (Å²) in [6.45, 7) is 6.69. The molecule has 22 heavy (non-hydrogen) atoms. The first kappa shape index (κ1) is 15.4. The van der Waals surface area contributed by atoms with Crippen LogP contribution in [-0.4, -0.2) is 65.6 Å². The van der Waals surface area contributed by atoms with Crippen molar-refractivity contribution in [1.82, 2.24) is 19.3 Å². The largest absolute Gasteiger partial charge is 0.342 e.